The molecule has 0 saturated heterocycles. The molecule has 0 saturated carbocycles. The molecule has 2 N–H and O–H groups in total. The molecule has 512 valence electrons. The quantitative estimate of drug-likeness (QED) is 0.0205. The smallest absolute Gasteiger partial charge is 0.456 e. The third kappa shape index (κ3) is 68.2. The van der Waals surface area contributed by atoms with Crippen molar-refractivity contribution >= 4 is 19.7 Å². The summed E-state index contributed by atoms with van der Waals surface area (Å²) in [5.74, 6) is -0.484. The van der Waals surface area contributed by atoms with Crippen LogP contribution in [0.3, 0.4) is 0 Å². The number of carbonyl (C=O) groups is 2. The molecule has 87 heavy (non-hydrogen) atoms. The van der Waals surface area contributed by atoms with Gasteiger partial charge in [0.25, 0.3) is 0 Å². The van der Waals surface area contributed by atoms with Gasteiger partial charge in [-0.05, 0) is 70.3 Å². The molecule has 3 unspecified atom stereocenters. The van der Waals surface area contributed by atoms with Gasteiger partial charge in [0, 0.05) is 12.8 Å². The Kier molecular flexibility index (Phi) is 65.3. The minimum atomic E-state index is -4.45. The van der Waals surface area contributed by atoms with Crippen molar-refractivity contribution in [1.82, 2.24) is 5.32 Å². The van der Waals surface area contributed by atoms with Gasteiger partial charge in [0.2, 0.25) is 5.91 Å². The van der Waals surface area contributed by atoms with Crippen LogP contribution in [0, 0.1) is 0 Å². The number of phosphoric ester groups is 1. The number of likely N-dealkylation sites (N-methyl/N-ethyl adjacent to an activating group) is 1. The van der Waals surface area contributed by atoms with E-state index in [1.165, 1.54) is 276 Å². The number of nitrogens with zero attached hydrogens (tertiary/aromatic N) is 1. The topological polar surface area (TPSA) is 111 Å². The van der Waals surface area contributed by atoms with E-state index in [-0.39, 0.29) is 25.1 Å². The molecule has 0 fully saturated rings. The maximum Gasteiger partial charge on any atom is 0.472 e. The first kappa shape index (κ1) is 85.0. The number of hydrogen-bond donors (Lipinski definition) is 2. The summed E-state index contributed by atoms with van der Waals surface area (Å²) >= 11 is 0. The van der Waals surface area contributed by atoms with E-state index in [1.54, 1.807) is 0 Å². The van der Waals surface area contributed by atoms with E-state index >= 15 is 0 Å². The first-order chi connectivity index (χ1) is 42.4. The van der Waals surface area contributed by atoms with E-state index in [2.05, 4.69) is 68.6 Å². The Morgan fingerprint density at radius 2 is 0.701 bits per heavy atom. The molecule has 10 heteroatoms. The van der Waals surface area contributed by atoms with Crippen molar-refractivity contribution in [3.63, 3.8) is 0 Å². The Bertz CT molecular complexity index is 1620. The molecule has 3 atom stereocenters. The number of allylic oxidation sites excluding steroid dienone is 7. The molecule has 9 nitrogen and oxygen atoms in total. The number of phosphoric acid groups is 1. The van der Waals surface area contributed by atoms with E-state index in [4.69, 9.17) is 13.8 Å². The second kappa shape index (κ2) is 66.9. The Labute approximate surface area is 541 Å². The zero-order chi connectivity index (χ0) is 63.5. The number of nitrogens with one attached hydrogen (secondary N) is 1. The number of rotatable bonds is 70. The van der Waals surface area contributed by atoms with Gasteiger partial charge in [-0.3, -0.25) is 18.6 Å². The molecule has 1 amide bonds. The second-order valence-electron chi connectivity index (χ2n) is 27.2. The maximum absolute atomic E-state index is 13.7. The molecular formula is C77H148N2O7P+. The summed E-state index contributed by atoms with van der Waals surface area (Å²) in [4.78, 5) is 38.0. The van der Waals surface area contributed by atoms with Crippen LogP contribution >= 0.6 is 7.82 Å². The lowest BCUT2D eigenvalue weighted by Crippen LogP contribution is -2.47. The Morgan fingerprint density at radius 3 is 1.07 bits per heavy atom. The number of carbonyl (C=O) groups excluding carboxylic acids is 2. The third-order valence-electron chi connectivity index (χ3n) is 17.3. The van der Waals surface area contributed by atoms with Gasteiger partial charge < -0.3 is 19.4 Å². The highest BCUT2D eigenvalue weighted by Crippen LogP contribution is 2.43. The van der Waals surface area contributed by atoms with Gasteiger partial charge >= 0.3 is 13.8 Å². The summed E-state index contributed by atoms with van der Waals surface area (Å²) in [6.07, 6.45) is 85.6. The third-order valence-corrected chi connectivity index (χ3v) is 18.3. The number of ether oxygens (including phenoxy) is 1. The fourth-order valence-electron chi connectivity index (χ4n) is 11.4. The fraction of sp³-hybridized carbons (Fsp3) is 0.870. The van der Waals surface area contributed by atoms with Gasteiger partial charge in [-0.1, -0.05) is 346 Å². The van der Waals surface area contributed by atoms with Crippen molar-refractivity contribution in [2.45, 2.75) is 392 Å². The highest BCUT2D eigenvalue weighted by molar-refractivity contribution is 7.47. The predicted octanol–water partition coefficient (Wildman–Crippen LogP) is 24.4. The zero-order valence-electron chi connectivity index (χ0n) is 58.8. The van der Waals surface area contributed by atoms with Gasteiger partial charge in [-0.15, -0.1) is 0 Å². The summed E-state index contributed by atoms with van der Waals surface area (Å²) < 4.78 is 30.9. The Hall–Kier alpha value is -2.03. The standard InChI is InChI=1S/C77H147N2O7P/c1-7-10-13-16-19-22-25-28-30-32-34-36-37-38-39-40-41-43-44-46-48-51-54-57-60-63-66-69-76(80)78-74(73-85-87(82,83)84-72-71-79(4,5)6)75(68-65-62-59-56-53-50-27-24-21-18-15-12-9-3)86-77(81)70-67-64-61-58-55-52-49-47-45-42-35-33-31-29-26-23-20-17-14-11-8-2/h19,22,28,30,34,36,65,68,74-75H,7-18,20-21,23-27,29,31-33,35,37-64,66-67,69-73H2,1-6H3,(H-,78,80,82,83)/p+1/b22-19-,30-28-,36-34-,68-65-. The van der Waals surface area contributed by atoms with Crippen LogP contribution in [0.1, 0.15) is 380 Å². The summed E-state index contributed by atoms with van der Waals surface area (Å²) in [5, 5.41) is 3.08. The molecule has 0 aromatic carbocycles. The molecule has 0 spiro atoms. The van der Waals surface area contributed by atoms with Crippen LogP contribution < -0.4 is 5.32 Å². The molecule has 0 radical (unpaired) electrons. The lowest BCUT2D eigenvalue weighted by atomic mass is 10.0. The molecule has 0 aromatic rings. The molecule has 0 aliphatic rings. The highest BCUT2D eigenvalue weighted by atomic mass is 31.2. The van der Waals surface area contributed by atoms with E-state index in [0.29, 0.717) is 23.9 Å². The minimum absolute atomic E-state index is 0.0426. The molecule has 0 heterocycles. The van der Waals surface area contributed by atoms with Gasteiger partial charge in [-0.25, -0.2) is 4.57 Å². The van der Waals surface area contributed by atoms with Gasteiger partial charge in [0.15, 0.2) is 0 Å². The summed E-state index contributed by atoms with van der Waals surface area (Å²) in [7, 11) is 1.51. The number of esters is 1. The van der Waals surface area contributed by atoms with Crippen LogP contribution in [0.25, 0.3) is 0 Å². The molecule has 0 aromatic heterocycles. The number of hydrogen-bond acceptors (Lipinski definition) is 6. The van der Waals surface area contributed by atoms with Crippen LogP contribution in [0.5, 0.6) is 0 Å². The summed E-state index contributed by atoms with van der Waals surface area (Å²) in [5.41, 5.74) is 0. The van der Waals surface area contributed by atoms with Gasteiger partial charge in [0.1, 0.15) is 19.3 Å². The van der Waals surface area contributed by atoms with Crippen LogP contribution in [0.15, 0.2) is 48.6 Å². The normalized spacial score (nSPS) is 13.7. The van der Waals surface area contributed by atoms with E-state index < -0.39 is 20.0 Å². The van der Waals surface area contributed by atoms with Crippen molar-refractivity contribution in [3.05, 3.63) is 48.6 Å². The van der Waals surface area contributed by atoms with Crippen molar-refractivity contribution < 1.29 is 37.3 Å². The van der Waals surface area contributed by atoms with E-state index in [1.807, 2.05) is 27.2 Å². The summed E-state index contributed by atoms with van der Waals surface area (Å²) in [6, 6.07) is -0.847. The van der Waals surface area contributed by atoms with E-state index in [9.17, 15) is 19.0 Å². The largest absolute Gasteiger partial charge is 0.472 e. The highest BCUT2D eigenvalue weighted by Gasteiger charge is 2.30. The predicted molar refractivity (Wildman–Crippen MR) is 379 cm³/mol. The Morgan fingerprint density at radius 1 is 0.402 bits per heavy atom. The molecule has 0 aliphatic heterocycles. The minimum Gasteiger partial charge on any atom is -0.456 e. The SMILES string of the molecule is CCCCC/C=C\C/C=C\C/C=C\CCCCCCCCCCCCCCCCC(=O)NC(COP(=O)(O)OCC[N+](C)(C)C)C(/C=C\CCCCCCCCCCCCC)OC(=O)CCCCCCCCCCCCCCCCCCCCCCC. The van der Waals surface area contributed by atoms with Gasteiger partial charge in [-0.2, -0.15) is 0 Å². The average Bonchev–Trinajstić information content (AvgIpc) is 3.69. The van der Waals surface area contributed by atoms with Crippen molar-refractivity contribution in [2.24, 2.45) is 0 Å². The monoisotopic (exact) mass is 1240 g/mol. The van der Waals surface area contributed by atoms with Crippen molar-refractivity contribution in [1.29, 1.82) is 0 Å². The number of amides is 1. The second-order valence-corrected chi connectivity index (χ2v) is 28.6. The first-order valence-electron chi connectivity index (χ1n) is 38.0. The molecule has 0 aliphatic carbocycles. The number of unbranched alkanes of at least 4 members (excludes halogenated alkanes) is 48. The van der Waals surface area contributed by atoms with Crippen LogP contribution in [0.4, 0.5) is 0 Å². The van der Waals surface area contributed by atoms with Crippen molar-refractivity contribution in [2.75, 3.05) is 40.9 Å². The molecule has 0 rings (SSSR count). The van der Waals surface area contributed by atoms with Crippen LogP contribution in [-0.4, -0.2) is 74.3 Å². The summed E-state index contributed by atoms with van der Waals surface area (Å²) in [6.45, 7) is 7.05. The van der Waals surface area contributed by atoms with Gasteiger partial charge in [0.05, 0.1) is 33.8 Å². The maximum atomic E-state index is 13.7. The zero-order valence-corrected chi connectivity index (χ0v) is 59.7. The van der Waals surface area contributed by atoms with Crippen LogP contribution in [0.2, 0.25) is 0 Å². The van der Waals surface area contributed by atoms with Crippen LogP contribution in [-0.2, 0) is 27.9 Å². The number of quaternary nitrogens is 1. The first-order valence-corrected chi connectivity index (χ1v) is 39.5. The average molecular weight is 1250 g/mol. The van der Waals surface area contributed by atoms with Crippen molar-refractivity contribution in [3.8, 4) is 0 Å². The lowest BCUT2D eigenvalue weighted by molar-refractivity contribution is -0.870. The Balaban J connectivity index is 4.99. The molecule has 0 bridgehead atoms. The lowest BCUT2D eigenvalue weighted by Gasteiger charge is -2.27. The molecular weight excluding hydrogens is 1100 g/mol. The fourth-order valence-corrected chi connectivity index (χ4v) is 12.2. The van der Waals surface area contributed by atoms with E-state index in [0.717, 1.165) is 70.6 Å².